The maximum Gasteiger partial charge on any atom is 0.138 e. The molecule has 0 radical (unpaired) electrons. The highest BCUT2D eigenvalue weighted by atomic mass is 79.9. The number of hydrogen-bond acceptors (Lipinski definition) is 4. The fraction of sp³-hybridized carbons (Fsp3) is 0.400. The van der Waals surface area contributed by atoms with E-state index >= 15 is 0 Å². The van der Waals surface area contributed by atoms with Gasteiger partial charge in [-0.15, -0.1) is 11.8 Å². The van der Waals surface area contributed by atoms with Crippen LogP contribution in [-0.4, -0.2) is 39.8 Å². The second-order valence-corrected chi connectivity index (χ2v) is 13.7. The van der Waals surface area contributed by atoms with Crippen molar-refractivity contribution in [3.63, 3.8) is 0 Å². The Bertz CT molecular complexity index is 650. The summed E-state index contributed by atoms with van der Waals surface area (Å²) in [6.45, 7) is 9.19. The van der Waals surface area contributed by atoms with E-state index in [9.17, 15) is 0 Å². The van der Waals surface area contributed by atoms with Gasteiger partial charge in [-0.25, -0.2) is 9.67 Å². The number of benzene rings is 1. The van der Waals surface area contributed by atoms with E-state index < -0.39 is 8.07 Å². The van der Waals surface area contributed by atoms with Crippen LogP contribution in [0.3, 0.4) is 0 Å². The van der Waals surface area contributed by atoms with Gasteiger partial charge >= 0.3 is 0 Å². The van der Waals surface area contributed by atoms with Crippen LogP contribution in [0, 0.1) is 0 Å². The van der Waals surface area contributed by atoms with Crippen LogP contribution < -0.4 is 0 Å². The van der Waals surface area contributed by atoms with E-state index in [1.54, 1.807) is 22.8 Å². The SMILES string of the molecule is CCS/C(=N\C[Si](C)(C)C)c1ccc(-n2cncn2)c(Br)c1. The van der Waals surface area contributed by atoms with Gasteiger partial charge in [0.25, 0.3) is 0 Å². The molecule has 1 aromatic carbocycles. The molecule has 0 fully saturated rings. The molecule has 1 aromatic heterocycles. The number of aromatic nitrogens is 3. The van der Waals surface area contributed by atoms with Crippen LogP contribution in [0.2, 0.25) is 19.6 Å². The summed E-state index contributed by atoms with van der Waals surface area (Å²) in [5.41, 5.74) is 2.13. The maximum atomic E-state index is 4.87. The van der Waals surface area contributed by atoms with Crippen LogP contribution in [0.25, 0.3) is 5.69 Å². The van der Waals surface area contributed by atoms with Crippen LogP contribution in [0.15, 0.2) is 40.3 Å². The predicted molar refractivity (Wildman–Crippen MR) is 102 cm³/mol. The van der Waals surface area contributed by atoms with Gasteiger partial charge in [0.05, 0.1) is 18.8 Å². The van der Waals surface area contributed by atoms with Gasteiger partial charge in [-0.05, 0) is 33.8 Å². The van der Waals surface area contributed by atoms with E-state index in [2.05, 4.69) is 64.7 Å². The van der Waals surface area contributed by atoms with Crippen molar-refractivity contribution >= 4 is 40.8 Å². The lowest BCUT2D eigenvalue weighted by molar-refractivity contribution is 0.874. The number of aliphatic imine (C=N–C) groups is 1. The molecule has 0 saturated heterocycles. The van der Waals surface area contributed by atoms with Gasteiger partial charge in [0.2, 0.25) is 0 Å². The van der Waals surface area contributed by atoms with Crippen LogP contribution in [0.5, 0.6) is 0 Å². The van der Waals surface area contributed by atoms with E-state index in [4.69, 9.17) is 4.99 Å². The molecule has 118 valence electrons. The predicted octanol–water partition coefficient (Wildman–Crippen LogP) is 4.41. The summed E-state index contributed by atoms with van der Waals surface area (Å²) < 4.78 is 2.74. The molecule has 0 N–H and O–H groups in total. The summed E-state index contributed by atoms with van der Waals surface area (Å²) in [5, 5.41) is 5.29. The lowest BCUT2D eigenvalue weighted by atomic mass is 10.2. The van der Waals surface area contributed by atoms with E-state index in [1.165, 1.54) is 6.33 Å². The van der Waals surface area contributed by atoms with Gasteiger partial charge in [-0.2, -0.15) is 5.10 Å². The standard InChI is InChI=1S/C15H21BrN4SSi/c1-5-21-15(18-11-22(2,3)4)12-6-7-14(13(16)8-12)20-10-17-9-19-20/h6-10H,5,11H2,1-4H3/b18-15-. The van der Waals surface area contributed by atoms with Crippen LogP contribution in [0.4, 0.5) is 0 Å². The molecule has 4 nitrogen and oxygen atoms in total. The van der Waals surface area contributed by atoms with E-state index in [1.807, 2.05) is 6.07 Å². The van der Waals surface area contributed by atoms with Crippen molar-refractivity contribution in [2.45, 2.75) is 26.6 Å². The first-order valence-electron chi connectivity index (χ1n) is 7.23. The Morgan fingerprint density at radius 2 is 2.14 bits per heavy atom. The van der Waals surface area contributed by atoms with Gasteiger partial charge in [0, 0.05) is 16.2 Å². The van der Waals surface area contributed by atoms with Gasteiger partial charge in [0.15, 0.2) is 0 Å². The smallest absolute Gasteiger partial charge is 0.138 e. The zero-order valence-corrected chi connectivity index (χ0v) is 16.8. The molecule has 0 atom stereocenters. The van der Waals surface area contributed by atoms with Crippen molar-refractivity contribution in [3.05, 3.63) is 40.9 Å². The highest BCUT2D eigenvalue weighted by molar-refractivity contribution is 9.10. The molecule has 2 aromatic rings. The summed E-state index contributed by atoms with van der Waals surface area (Å²) in [4.78, 5) is 8.87. The Kier molecular flexibility index (Phi) is 5.99. The minimum atomic E-state index is -1.18. The molecule has 0 unspecified atom stereocenters. The third-order valence-electron chi connectivity index (χ3n) is 2.84. The minimum absolute atomic E-state index is 0.956. The topological polar surface area (TPSA) is 43.1 Å². The lowest BCUT2D eigenvalue weighted by Crippen LogP contribution is -2.25. The molecule has 0 aliphatic rings. The zero-order chi connectivity index (χ0) is 16.2. The van der Waals surface area contributed by atoms with Gasteiger partial charge in [-0.1, -0.05) is 32.6 Å². The van der Waals surface area contributed by atoms with Gasteiger partial charge in [0.1, 0.15) is 12.7 Å². The first-order chi connectivity index (χ1) is 10.4. The van der Waals surface area contributed by atoms with E-state index in [-0.39, 0.29) is 0 Å². The van der Waals surface area contributed by atoms with Crippen molar-refractivity contribution in [3.8, 4) is 5.69 Å². The van der Waals surface area contributed by atoms with Crippen LogP contribution in [-0.2, 0) is 0 Å². The lowest BCUT2D eigenvalue weighted by Gasteiger charge is -2.14. The number of rotatable bonds is 5. The Labute approximate surface area is 145 Å². The summed E-state index contributed by atoms with van der Waals surface area (Å²) in [6, 6.07) is 6.27. The van der Waals surface area contributed by atoms with Gasteiger partial charge < -0.3 is 0 Å². The number of thioether (sulfide) groups is 1. The molecule has 22 heavy (non-hydrogen) atoms. The average molecular weight is 397 g/mol. The molecule has 1 heterocycles. The molecule has 0 saturated carbocycles. The molecule has 7 heteroatoms. The molecule has 0 aliphatic heterocycles. The highest BCUT2D eigenvalue weighted by Gasteiger charge is 2.14. The zero-order valence-electron chi connectivity index (χ0n) is 13.4. The molecule has 0 spiro atoms. The van der Waals surface area contributed by atoms with Crippen molar-refractivity contribution in [2.24, 2.45) is 4.99 Å². The van der Waals surface area contributed by atoms with Crippen molar-refractivity contribution in [1.82, 2.24) is 14.8 Å². The summed E-state index contributed by atoms with van der Waals surface area (Å²) >= 11 is 5.43. The minimum Gasteiger partial charge on any atom is -0.281 e. The highest BCUT2D eigenvalue weighted by Crippen LogP contribution is 2.24. The third kappa shape index (κ3) is 4.79. The summed E-state index contributed by atoms with van der Waals surface area (Å²) in [6.07, 6.45) is 4.19. The van der Waals surface area contributed by atoms with Crippen molar-refractivity contribution in [1.29, 1.82) is 0 Å². The molecular formula is C15H21BrN4SSi. The second kappa shape index (κ2) is 7.57. The Hall–Kier alpha value is -0.923. The molecule has 0 bridgehead atoms. The quantitative estimate of drug-likeness (QED) is 0.427. The van der Waals surface area contributed by atoms with E-state index in [0.717, 1.165) is 32.7 Å². The third-order valence-corrected chi connectivity index (χ3v) is 5.51. The van der Waals surface area contributed by atoms with E-state index in [0.29, 0.717) is 0 Å². The first-order valence-corrected chi connectivity index (χ1v) is 12.7. The number of hydrogen-bond donors (Lipinski definition) is 0. The first kappa shape index (κ1) is 17.4. The normalized spacial score (nSPS) is 12.7. The molecular weight excluding hydrogens is 376 g/mol. The van der Waals surface area contributed by atoms with Crippen molar-refractivity contribution < 1.29 is 0 Å². The summed E-state index contributed by atoms with van der Waals surface area (Å²) in [7, 11) is -1.18. The van der Waals surface area contributed by atoms with Crippen LogP contribution >= 0.6 is 27.7 Å². The van der Waals surface area contributed by atoms with Crippen molar-refractivity contribution in [2.75, 3.05) is 11.9 Å². The largest absolute Gasteiger partial charge is 0.281 e. The maximum absolute atomic E-state index is 4.87. The van der Waals surface area contributed by atoms with Crippen LogP contribution in [0.1, 0.15) is 12.5 Å². The van der Waals surface area contributed by atoms with Gasteiger partial charge in [-0.3, -0.25) is 4.99 Å². The fourth-order valence-electron chi connectivity index (χ4n) is 1.82. The second-order valence-electron chi connectivity index (χ2n) is 6.12. The number of nitrogens with zero attached hydrogens (tertiary/aromatic N) is 4. The Balaban J connectivity index is 2.31. The average Bonchev–Trinajstić information content (AvgIpc) is 2.96. The monoisotopic (exact) mass is 396 g/mol. The molecule has 0 aliphatic carbocycles. The fourth-order valence-corrected chi connectivity index (χ4v) is 3.85. The summed E-state index contributed by atoms with van der Waals surface area (Å²) in [5.74, 6) is 1.02. The Morgan fingerprint density at radius 3 is 2.68 bits per heavy atom. The number of halogens is 1. The Morgan fingerprint density at radius 1 is 1.36 bits per heavy atom. The molecule has 0 amide bonds. The molecule has 2 rings (SSSR count).